The molecular formula is C22H23FN2O3. The third-order valence-electron chi connectivity index (χ3n) is 4.17. The molecule has 0 aliphatic carbocycles. The Morgan fingerprint density at radius 1 is 1.07 bits per heavy atom. The molecule has 1 N–H and O–H groups in total. The molecule has 28 heavy (non-hydrogen) atoms. The fourth-order valence-corrected chi connectivity index (χ4v) is 2.84. The van der Waals surface area contributed by atoms with Crippen molar-refractivity contribution in [2.24, 2.45) is 0 Å². The predicted molar refractivity (Wildman–Crippen MR) is 106 cm³/mol. The molecular weight excluding hydrogens is 359 g/mol. The number of halogens is 1. The van der Waals surface area contributed by atoms with Crippen LogP contribution in [0.5, 0.6) is 0 Å². The minimum absolute atomic E-state index is 0.0759. The summed E-state index contributed by atoms with van der Waals surface area (Å²) >= 11 is 0. The second-order valence-electron chi connectivity index (χ2n) is 7.75. The van der Waals surface area contributed by atoms with Crippen molar-refractivity contribution in [3.8, 4) is 0 Å². The van der Waals surface area contributed by atoms with Gasteiger partial charge in [0.15, 0.2) is 5.43 Å². The van der Waals surface area contributed by atoms with Crippen LogP contribution in [0.2, 0.25) is 0 Å². The van der Waals surface area contributed by atoms with Crippen LogP contribution in [0.1, 0.15) is 31.9 Å². The van der Waals surface area contributed by atoms with E-state index in [0.29, 0.717) is 16.5 Å². The number of nitrogens with zero attached hydrogens (tertiary/aromatic N) is 1. The van der Waals surface area contributed by atoms with Crippen molar-refractivity contribution in [2.45, 2.75) is 39.4 Å². The molecule has 0 saturated carbocycles. The molecule has 0 spiro atoms. The number of carbonyl (C=O) groups excluding carboxylic acids is 1. The monoisotopic (exact) mass is 382 g/mol. The predicted octanol–water partition coefficient (Wildman–Crippen LogP) is 4.44. The molecule has 0 radical (unpaired) electrons. The highest BCUT2D eigenvalue weighted by Crippen LogP contribution is 2.15. The molecule has 0 saturated heterocycles. The van der Waals surface area contributed by atoms with Gasteiger partial charge in [-0.2, -0.15) is 0 Å². The maximum atomic E-state index is 13.2. The minimum Gasteiger partial charge on any atom is -0.464 e. The molecule has 5 nitrogen and oxygen atoms in total. The smallest absolute Gasteiger partial charge is 0.318 e. The summed E-state index contributed by atoms with van der Waals surface area (Å²) in [6.07, 6.45) is 1.40. The van der Waals surface area contributed by atoms with Crippen LogP contribution in [0.15, 0.2) is 64.0 Å². The fourth-order valence-electron chi connectivity index (χ4n) is 2.84. The SMILES string of the molecule is CC(C)(C)NC(=O)N(Cc1ccc(F)cc1)Cc1coc2ccccc2c1=O. The molecule has 0 atom stereocenters. The Morgan fingerprint density at radius 2 is 1.75 bits per heavy atom. The van der Waals surface area contributed by atoms with Crippen molar-refractivity contribution in [1.82, 2.24) is 10.2 Å². The Balaban J connectivity index is 1.92. The Hall–Kier alpha value is -3.15. The summed E-state index contributed by atoms with van der Waals surface area (Å²) in [6, 6.07) is 12.6. The van der Waals surface area contributed by atoms with Gasteiger partial charge in [-0.3, -0.25) is 4.79 Å². The molecule has 0 aliphatic rings. The lowest BCUT2D eigenvalue weighted by Crippen LogP contribution is -2.48. The van der Waals surface area contributed by atoms with Crippen LogP contribution in [0.3, 0.4) is 0 Å². The van der Waals surface area contributed by atoms with Crippen molar-refractivity contribution in [2.75, 3.05) is 0 Å². The lowest BCUT2D eigenvalue weighted by atomic mass is 10.1. The number of carbonyl (C=O) groups is 1. The second kappa shape index (κ2) is 7.84. The van der Waals surface area contributed by atoms with E-state index in [9.17, 15) is 14.0 Å². The normalized spacial score (nSPS) is 11.4. The summed E-state index contributed by atoms with van der Waals surface area (Å²) in [7, 11) is 0. The average molecular weight is 382 g/mol. The molecule has 1 aromatic heterocycles. The molecule has 3 rings (SSSR count). The van der Waals surface area contributed by atoms with Gasteiger partial charge in [0.05, 0.1) is 23.8 Å². The van der Waals surface area contributed by atoms with Crippen LogP contribution in [-0.4, -0.2) is 16.5 Å². The van der Waals surface area contributed by atoms with Crippen LogP contribution < -0.4 is 10.7 Å². The molecule has 2 aromatic carbocycles. The third kappa shape index (κ3) is 4.76. The summed E-state index contributed by atoms with van der Waals surface area (Å²) in [5.41, 5.74) is 1.03. The fraction of sp³-hybridized carbons (Fsp3) is 0.273. The molecule has 2 amide bonds. The Labute approximate surface area is 162 Å². The van der Waals surface area contributed by atoms with Gasteiger partial charge < -0.3 is 14.6 Å². The van der Waals surface area contributed by atoms with Crippen LogP contribution in [0, 0.1) is 5.82 Å². The molecule has 0 bridgehead atoms. The molecule has 6 heteroatoms. The minimum atomic E-state index is -0.438. The third-order valence-corrected chi connectivity index (χ3v) is 4.17. The zero-order valence-electron chi connectivity index (χ0n) is 16.2. The van der Waals surface area contributed by atoms with E-state index in [1.165, 1.54) is 23.3 Å². The number of para-hydroxylation sites is 1. The molecule has 0 aliphatic heterocycles. The van der Waals surface area contributed by atoms with Crippen molar-refractivity contribution < 1.29 is 13.6 Å². The molecule has 3 aromatic rings. The number of amides is 2. The van der Waals surface area contributed by atoms with Crippen molar-refractivity contribution in [3.63, 3.8) is 0 Å². The summed E-state index contributed by atoms with van der Waals surface area (Å²) < 4.78 is 18.8. The number of hydrogen-bond donors (Lipinski definition) is 1. The molecule has 0 unspecified atom stereocenters. The van der Waals surface area contributed by atoms with E-state index in [0.717, 1.165) is 5.56 Å². The molecule has 146 valence electrons. The zero-order valence-corrected chi connectivity index (χ0v) is 16.2. The number of nitrogens with one attached hydrogen (secondary N) is 1. The zero-order chi connectivity index (χ0) is 20.3. The number of urea groups is 1. The summed E-state index contributed by atoms with van der Waals surface area (Å²) in [6.45, 7) is 5.95. The first kappa shape index (κ1) is 19.6. The van der Waals surface area contributed by atoms with Gasteiger partial charge in [-0.05, 0) is 50.6 Å². The highest BCUT2D eigenvalue weighted by atomic mass is 19.1. The van der Waals surface area contributed by atoms with E-state index < -0.39 is 5.54 Å². The largest absolute Gasteiger partial charge is 0.464 e. The van der Waals surface area contributed by atoms with Gasteiger partial charge in [0.2, 0.25) is 0 Å². The molecule has 1 heterocycles. The maximum Gasteiger partial charge on any atom is 0.318 e. The van der Waals surface area contributed by atoms with E-state index in [1.807, 2.05) is 20.8 Å². The molecule has 0 fully saturated rings. The Bertz CT molecular complexity index is 1040. The highest BCUT2D eigenvalue weighted by Gasteiger charge is 2.22. The van der Waals surface area contributed by atoms with Crippen LogP contribution in [0.25, 0.3) is 11.0 Å². The average Bonchev–Trinajstić information content (AvgIpc) is 2.64. The number of hydrogen-bond acceptors (Lipinski definition) is 3. The highest BCUT2D eigenvalue weighted by molar-refractivity contribution is 5.77. The first-order chi connectivity index (χ1) is 13.2. The lowest BCUT2D eigenvalue weighted by molar-refractivity contribution is 0.182. The standard InChI is InChI=1S/C22H23FN2O3/c1-22(2,3)24-21(27)25(12-15-8-10-17(23)11-9-15)13-16-14-28-19-7-5-4-6-18(19)20(16)26/h4-11,14H,12-13H2,1-3H3,(H,24,27). The van der Waals surface area contributed by atoms with Gasteiger partial charge in [-0.15, -0.1) is 0 Å². The summed E-state index contributed by atoms with van der Waals surface area (Å²) in [5.74, 6) is -0.343. The Kier molecular flexibility index (Phi) is 5.49. The van der Waals surface area contributed by atoms with E-state index >= 15 is 0 Å². The second-order valence-corrected chi connectivity index (χ2v) is 7.75. The van der Waals surface area contributed by atoms with Gasteiger partial charge in [0.25, 0.3) is 0 Å². The van der Waals surface area contributed by atoms with E-state index in [2.05, 4.69) is 5.32 Å². The topological polar surface area (TPSA) is 62.6 Å². The van der Waals surface area contributed by atoms with Gasteiger partial charge in [-0.25, -0.2) is 9.18 Å². The lowest BCUT2D eigenvalue weighted by Gasteiger charge is -2.28. The summed E-state index contributed by atoms with van der Waals surface area (Å²) in [5, 5.41) is 3.38. The Morgan fingerprint density at radius 3 is 2.43 bits per heavy atom. The van der Waals surface area contributed by atoms with Crippen molar-refractivity contribution >= 4 is 17.0 Å². The number of benzene rings is 2. The quantitative estimate of drug-likeness (QED) is 0.725. The first-order valence-corrected chi connectivity index (χ1v) is 9.04. The van der Waals surface area contributed by atoms with Crippen LogP contribution in [0.4, 0.5) is 9.18 Å². The van der Waals surface area contributed by atoms with Gasteiger partial charge in [0.1, 0.15) is 11.4 Å². The summed E-state index contributed by atoms with van der Waals surface area (Å²) in [4.78, 5) is 27.1. The van der Waals surface area contributed by atoms with Crippen LogP contribution >= 0.6 is 0 Å². The van der Waals surface area contributed by atoms with Gasteiger partial charge >= 0.3 is 6.03 Å². The number of rotatable bonds is 4. The van der Waals surface area contributed by atoms with E-state index in [-0.39, 0.29) is 30.4 Å². The van der Waals surface area contributed by atoms with Gasteiger partial charge in [-0.1, -0.05) is 24.3 Å². The van der Waals surface area contributed by atoms with Crippen molar-refractivity contribution in [1.29, 1.82) is 0 Å². The number of fused-ring (bicyclic) bond motifs is 1. The van der Waals surface area contributed by atoms with E-state index in [4.69, 9.17) is 4.42 Å². The maximum absolute atomic E-state index is 13.2. The van der Waals surface area contributed by atoms with Crippen LogP contribution in [-0.2, 0) is 13.1 Å². The van der Waals surface area contributed by atoms with Crippen molar-refractivity contribution in [3.05, 3.63) is 82.0 Å². The van der Waals surface area contributed by atoms with E-state index in [1.54, 1.807) is 36.4 Å². The van der Waals surface area contributed by atoms with Gasteiger partial charge in [0, 0.05) is 12.1 Å². The first-order valence-electron chi connectivity index (χ1n) is 9.04.